The van der Waals surface area contributed by atoms with E-state index in [0.29, 0.717) is 6.54 Å². The minimum atomic E-state index is -0.525. The SMILES string of the molecule is C[C@@H]1CN(Cc2ccccc2OCC2CC2)C[C@@H](C(N)=O)O1. The molecule has 0 aromatic heterocycles. The van der Waals surface area contributed by atoms with Crippen LogP contribution in [0.15, 0.2) is 24.3 Å². The number of carbonyl (C=O) groups is 1. The van der Waals surface area contributed by atoms with Gasteiger partial charge in [0.05, 0.1) is 12.7 Å². The molecule has 5 nitrogen and oxygen atoms in total. The molecule has 120 valence electrons. The van der Waals surface area contributed by atoms with Crippen molar-refractivity contribution in [2.24, 2.45) is 11.7 Å². The Kier molecular flexibility index (Phi) is 4.64. The lowest BCUT2D eigenvalue weighted by molar-refractivity contribution is -0.142. The van der Waals surface area contributed by atoms with Gasteiger partial charge in [-0.1, -0.05) is 18.2 Å². The van der Waals surface area contributed by atoms with Crippen LogP contribution in [0.25, 0.3) is 0 Å². The van der Waals surface area contributed by atoms with Gasteiger partial charge in [0.1, 0.15) is 11.9 Å². The summed E-state index contributed by atoms with van der Waals surface area (Å²) in [5.74, 6) is 1.29. The van der Waals surface area contributed by atoms with E-state index >= 15 is 0 Å². The monoisotopic (exact) mass is 304 g/mol. The lowest BCUT2D eigenvalue weighted by atomic mass is 10.1. The Bertz CT molecular complexity index is 530. The van der Waals surface area contributed by atoms with E-state index in [-0.39, 0.29) is 6.10 Å². The summed E-state index contributed by atoms with van der Waals surface area (Å²) in [6.07, 6.45) is 2.04. The molecule has 0 bridgehead atoms. The van der Waals surface area contributed by atoms with Crippen LogP contribution in [0.4, 0.5) is 0 Å². The maximum Gasteiger partial charge on any atom is 0.247 e. The van der Waals surface area contributed by atoms with Crippen LogP contribution in [0.5, 0.6) is 5.75 Å². The van der Waals surface area contributed by atoms with E-state index in [4.69, 9.17) is 15.2 Å². The van der Waals surface area contributed by atoms with Gasteiger partial charge in [0.2, 0.25) is 5.91 Å². The topological polar surface area (TPSA) is 64.8 Å². The van der Waals surface area contributed by atoms with E-state index in [9.17, 15) is 4.79 Å². The normalized spacial score (nSPS) is 25.9. The Hall–Kier alpha value is -1.59. The number of carbonyl (C=O) groups excluding carboxylic acids is 1. The molecule has 1 aromatic rings. The number of hydrogen-bond acceptors (Lipinski definition) is 4. The number of amides is 1. The van der Waals surface area contributed by atoms with Gasteiger partial charge >= 0.3 is 0 Å². The molecule has 2 fully saturated rings. The van der Waals surface area contributed by atoms with Crippen molar-refractivity contribution in [3.05, 3.63) is 29.8 Å². The Morgan fingerprint density at radius 1 is 1.36 bits per heavy atom. The first kappa shape index (κ1) is 15.3. The van der Waals surface area contributed by atoms with Crippen LogP contribution in [-0.2, 0) is 16.1 Å². The summed E-state index contributed by atoms with van der Waals surface area (Å²) in [4.78, 5) is 13.6. The van der Waals surface area contributed by atoms with Crippen LogP contribution in [0.3, 0.4) is 0 Å². The molecule has 1 aliphatic carbocycles. The van der Waals surface area contributed by atoms with Crippen molar-refractivity contribution in [1.82, 2.24) is 4.90 Å². The first-order valence-corrected chi connectivity index (χ1v) is 7.99. The second kappa shape index (κ2) is 6.67. The molecule has 3 rings (SSSR count). The van der Waals surface area contributed by atoms with Crippen molar-refractivity contribution in [2.75, 3.05) is 19.7 Å². The summed E-state index contributed by atoms with van der Waals surface area (Å²) in [6, 6.07) is 8.13. The number of morpholine rings is 1. The Balaban J connectivity index is 1.64. The molecule has 1 saturated heterocycles. The van der Waals surface area contributed by atoms with Crippen LogP contribution >= 0.6 is 0 Å². The number of hydrogen-bond donors (Lipinski definition) is 1. The fraction of sp³-hybridized carbons (Fsp3) is 0.588. The first-order valence-electron chi connectivity index (χ1n) is 7.99. The third kappa shape index (κ3) is 3.99. The van der Waals surface area contributed by atoms with Gasteiger partial charge < -0.3 is 15.2 Å². The van der Waals surface area contributed by atoms with E-state index < -0.39 is 12.0 Å². The number of primary amides is 1. The molecule has 22 heavy (non-hydrogen) atoms. The fourth-order valence-corrected chi connectivity index (χ4v) is 2.83. The standard InChI is InChI=1S/C17H24N2O3/c1-12-8-19(10-16(22-12)17(18)20)9-14-4-2-3-5-15(14)21-11-13-6-7-13/h2-5,12-13,16H,6-11H2,1H3,(H2,18,20)/t12-,16+/m1/s1. The third-order valence-corrected chi connectivity index (χ3v) is 4.19. The maximum absolute atomic E-state index is 11.4. The highest BCUT2D eigenvalue weighted by Gasteiger charge is 2.29. The van der Waals surface area contributed by atoms with E-state index in [2.05, 4.69) is 11.0 Å². The Labute approximate surface area is 131 Å². The minimum absolute atomic E-state index is 0.00537. The molecule has 1 aliphatic heterocycles. The largest absolute Gasteiger partial charge is 0.493 e. The highest BCUT2D eigenvalue weighted by Crippen LogP contribution is 2.30. The summed E-state index contributed by atoms with van der Waals surface area (Å²) < 4.78 is 11.5. The molecule has 1 amide bonds. The van der Waals surface area contributed by atoms with Crippen molar-refractivity contribution in [3.8, 4) is 5.75 Å². The highest BCUT2D eigenvalue weighted by molar-refractivity contribution is 5.79. The zero-order chi connectivity index (χ0) is 15.5. The van der Waals surface area contributed by atoms with Gasteiger partial charge in [-0.05, 0) is 31.7 Å². The van der Waals surface area contributed by atoms with Gasteiger partial charge in [0.25, 0.3) is 0 Å². The van der Waals surface area contributed by atoms with Gasteiger partial charge in [0, 0.05) is 25.2 Å². The van der Waals surface area contributed by atoms with Crippen LogP contribution in [0.1, 0.15) is 25.3 Å². The highest BCUT2D eigenvalue weighted by atomic mass is 16.5. The average molecular weight is 304 g/mol. The quantitative estimate of drug-likeness (QED) is 0.866. The van der Waals surface area contributed by atoms with Crippen LogP contribution < -0.4 is 10.5 Å². The number of benzene rings is 1. The molecule has 1 heterocycles. The van der Waals surface area contributed by atoms with E-state index in [0.717, 1.165) is 36.9 Å². The molecular weight excluding hydrogens is 280 g/mol. The molecule has 1 aromatic carbocycles. The molecule has 2 aliphatic rings. The second-order valence-electron chi connectivity index (χ2n) is 6.39. The smallest absolute Gasteiger partial charge is 0.247 e. The average Bonchev–Trinajstić information content (AvgIpc) is 3.30. The lowest BCUT2D eigenvalue weighted by Gasteiger charge is -2.35. The van der Waals surface area contributed by atoms with E-state index in [1.54, 1.807) is 0 Å². The summed E-state index contributed by atoms with van der Waals surface area (Å²) in [7, 11) is 0. The third-order valence-electron chi connectivity index (χ3n) is 4.19. The summed E-state index contributed by atoms with van der Waals surface area (Å²) >= 11 is 0. The van der Waals surface area contributed by atoms with Crippen LogP contribution in [0.2, 0.25) is 0 Å². The summed E-state index contributed by atoms with van der Waals surface area (Å²) in [5.41, 5.74) is 6.54. The van der Waals surface area contributed by atoms with Crippen LogP contribution in [-0.4, -0.2) is 42.7 Å². The van der Waals surface area contributed by atoms with Crippen molar-refractivity contribution in [1.29, 1.82) is 0 Å². The predicted molar refractivity (Wildman–Crippen MR) is 83.5 cm³/mol. The minimum Gasteiger partial charge on any atom is -0.493 e. The number of nitrogens with two attached hydrogens (primary N) is 1. The van der Waals surface area contributed by atoms with Gasteiger partial charge in [0.15, 0.2) is 0 Å². The maximum atomic E-state index is 11.4. The molecule has 0 unspecified atom stereocenters. The van der Waals surface area contributed by atoms with Crippen molar-refractivity contribution in [2.45, 2.75) is 38.5 Å². The van der Waals surface area contributed by atoms with Crippen molar-refractivity contribution in [3.63, 3.8) is 0 Å². The van der Waals surface area contributed by atoms with Gasteiger partial charge in [-0.15, -0.1) is 0 Å². The van der Waals surface area contributed by atoms with Crippen molar-refractivity contribution >= 4 is 5.91 Å². The molecular formula is C17H24N2O3. The van der Waals surface area contributed by atoms with Crippen LogP contribution in [0, 0.1) is 5.92 Å². The Morgan fingerprint density at radius 3 is 2.86 bits per heavy atom. The number of nitrogens with zero attached hydrogens (tertiary/aromatic N) is 1. The number of rotatable bonds is 6. The Morgan fingerprint density at radius 2 is 2.14 bits per heavy atom. The number of para-hydroxylation sites is 1. The molecule has 2 N–H and O–H groups in total. The summed E-state index contributed by atoms with van der Waals surface area (Å²) in [6.45, 7) is 4.85. The zero-order valence-electron chi connectivity index (χ0n) is 13.0. The second-order valence-corrected chi connectivity index (χ2v) is 6.39. The van der Waals surface area contributed by atoms with Gasteiger partial charge in [-0.3, -0.25) is 9.69 Å². The predicted octanol–water partition coefficient (Wildman–Crippen LogP) is 1.55. The molecule has 0 spiro atoms. The summed E-state index contributed by atoms with van der Waals surface area (Å²) in [5, 5.41) is 0. The number of ether oxygens (including phenoxy) is 2. The fourth-order valence-electron chi connectivity index (χ4n) is 2.83. The van der Waals surface area contributed by atoms with E-state index in [1.165, 1.54) is 12.8 Å². The zero-order valence-corrected chi connectivity index (χ0v) is 13.0. The van der Waals surface area contributed by atoms with Gasteiger partial charge in [-0.25, -0.2) is 0 Å². The van der Waals surface area contributed by atoms with E-state index in [1.807, 2.05) is 25.1 Å². The van der Waals surface area contributed by atoms with Crippen molar-refractivity contribution < 1.29 is 14.3 Å². The van der Waals surface area contributed by atoms with Gasteiger partial charge in [-0.2, -0.15) is 0 Å². The lowest BCUT2D eigenvalue weighted by Crippen LogP contribution is -2.51. The first-order chi connectivity index (χ1) is 10.6. The molecule has 5 heteroatoms. The molecule has 0 radical (unpaired) electrons. The molecule has 2 atom stereocenters. The molecule has 1 saturated carbocycles.